The number of alkyl halides is 3. The van der Waals surface area contributed by atoms with E-state index in [4.69, 9.17) is 20.4 Å². The Hall–Kier alpha value is -4.05. The normalized spacial score (nSPS) is 12.5. The van der Waals surface area contributed by atoms with E-state index in [0.29, 0.717) is 6.42 Å². The maximum absolute atomic E-state index is 12.9. The van der Waals surface area contributed by atoms with E-state index >= 15 is 0 Å². The molecule has 0 saturated heterocycles. The van der Waals surface area contributed by atoms with Gasteiger partial charge in [0.15, 0.2) is 0 Å². The molecule has 39 heavy (non-hydrogen) atoms. The first-order chi connectivity index (χ1) is 18.2. The van der Waals surface area contributed by atoms with Gasteiger partial charge in [-0.15, -0.1) is 0 Å². The number of aryl methyl sites for hydroxylation is 2. The van der Waals surface area contributed by atoms with Gasteiger partial charge in [-0.25, -0.2) is 4.79 Å². The highest BCUT2D eigenvalue weighted by atomic mass is 19.4. The predicted molar refractivity (Wildman–Crippen MR) is 142 cm³/mol. The Kier molecular flexibility index (Phi) is 10.9. The van der Waals surface area contributed by atoms with Crippen molar-refractivity contribution in [1.82, 2.24) is 5.32 Å². The number of aliphatic carboxylic acids is 1. The molecule has 3 aromatic carbocycles. The van der Waals surface area contributed by atoms with Gasteiger partial charge in [0.1, 0.15) is 11.5 Å². The van der Waals surface area contributed by atoms with E-state index in [1.54, 1.807) is 19.2 Å². The number of hydrogen-bond acceptors (Lipinski definition) is 5. The maximum Gasteiger partial charge on any atom is 0.490 e. The van der Waals surface area contributed by atoms with Gasteiger partial charge >= 0.3 is 12.1 Å². The number of hydrogen-bond donors (Lipinski definition) is 4. The predicted octanol–water partition coefficient (Wildman–Crippen LogP) is 4.99. The number of carboxylic acid groups (broad SMARTS) is 1. The Morgan fingerprint density at radius 3 is 2.08 bits per heavy atom. The van der Waals surface area contributed by atoms with Crippen LogP contribution in [0.1, 0.15) is 46.3 Å². The lowest BCUT2D eigenvalue weighted by Gasteiger charge is -2.21. The smallest absolute Gasteiger partial charge is 0.490 e. The number of carbonyl (C=O) groups excluding carboxylic acids is 1. The van der Waals surface area contributed by atoms with Crippen LogP contribution in [0.3, 0.4) is 0 Å². The Morgan fingerprint density at radius 2 is 1.56 bits per heavy atom. The number of benzene rings is 3. The Labute approximate surface area is 225 Å². The number of phenols is 1. The summed E-state index contributed by atoms with van der Waals surface area (Å²) in [5.74, 6) is -2.03. The molecular weight excluding hydrogens is 513 g/mol. The molecule has 0 bridgehead atoms. The highest BCUT2D eigenvalue weighted by Crippen LogP contribution is 2.28. The van der Waals surface area contributed by atoms with Crippen molar-refractivity contribution in [2.75, 3.05) is 7.11 Å². The zero-order chi connectivity index (χ0) is 29.3. The van der Waals surface area contributed by atoms with Crippen LogP contribution in [0.5, 0.6) is 11.5 Å². The standard InChI is InChI=1S/C27H32N2O3.C2HF3O2/c1-17-12-22(30)13-18(2)23(17)16-25(28)27(31)29-19(3)24-15-21(10-11-26(24)32-4)14-20-8-6-5-7-9-20;3-2(4,5)1(6)7/h5-13,15,19,25,30H,14,16,28H2,1-4H3,(H,29,31);(H,6,7)/t19-,25+;/m1./s1. The van der Waals surface area contributed by atoms with Crippen LogP contribution in [-0.2, 0) is 22.4 Å². The lowest BCUT2D eigenvalue weighted by Crippen LogP contribution is -2.43. The molecular formula is C29H33F3N2O5. The molecule has 3 aromatic rings. The molecule has 0 aliphatic carbocycles. The fourth-order valence-electron chi connectivity index (χ4n) is 4.07. The molecule has 1 amide bonds. The van der Waals surface area contributed by atoms with E-state index < -0.39 is 18.2 Å². The molecule has 0 heterocycles. The maximum atomic E-state index is 12.9. The minimum atomic E-state index is -5.08. The number of nitrogens with two attached hydrogens (primary N) is 1. The van der Waals surface area contributed by atoms with Crippen LogP contribution >= 0.6 is 0 Å². The number of amides is 1. The highest BCUT2D eigenvalue weighted by molar-refractivity contribution is 5.82. The summed E-state index contributed by atoms with van der Waals surface area (Å²) >= 11 is 0. The average molecular weight is 547 g/mol. The third-order valence-electron chi connectivity index (χ3n) is 6.05. The van der Waals surface area contributed by atoms with E-state index in [2.05, 4.69) is 23.5 Å². The van der Waals surface area contributed by atoms with E-state index in [9.17, 15) is 23.1 Å². The van der Waals surface area contributed by atoms with Gasteiger partial charge in [0, 0.05) is 5.56 Å². The Morgan fingerprint density at radius 1 is 1.00 bits per heavy atom. The zero-order valence-corrected chi connectivity index (χ0v) is 22.2. The van der Waals surface area contributed by atoms with Crippen molar-refractivity contribution in [3.8, 4) is 11.5 Å². The lowest BCUT2D eigenvalue weighted by molar-refractivity contribution is -0.192. The molecule has 0 aromatic heterocycles. The van der Waals surface area contributed by atoms with E-state index in [0.717, 1.165) is 40.0 Å². The number of aromatic hydroxyl groups is 1. The van der Waals surface area contributed by atoms with Crippen molar-refractivity contribution >= 4 is 11.9 Å². The second-order valence-corrected chi connectivity index (χ2v) is 9.14. The molecule has 0 aliphatic rings. The lowest BCUT2D eigenvalue weighted by atomic mass is 9.95. The molecule has 0 saturated carbocycles. The quantitative estimate of drug-likeness (QED) is 0.316. The molecule has 0 unspecified atom stereocenters. The Bertz CT molecular complexity index is 1260. The fraction of sp³-hybridized carbons (Fsp3) is 0.310. The van der Waals surface area contributed by atoms with E-state index in [1.807, 2.05) is 51.1 Å². The van der Waals surface area contributed by atoms with Crippen molar-refractivity contribution in [1.29, 1.82) is 0 Å². The molecule has 10 heteroatoms. The summed E-state index contributed by atoms with van der Waals surface area (Å²) in [6.07, 6.45) is -3.88. The molecule has 3 rings (SSSR count). The number of methoxy groups -OCH3 is 1. The average Bonchev–Trinajstić information content (AvgIpc) is 2.86. The topological polar surface area (TPSA) is 122 Å². The summed E-state index contributed by atoms with van der Waals surface area (Å²) in [4.78, 5) is 21.8. The molecule has 7 nitrogen and oxygen atoms in total. The van der Waals surface area contributed by atoms with Gasteiger partial charge in [0.25, 0.3) is 0 Å². The molecule has 5 N–H and O–H groups in total. The summed E-state index contributed by atoms with van der Waals surface area (Å²) in [6.45, 7) is 5.77. The zero-order valence-electron chi connectivity index (χ0n) is 22.2. The van der Waals surface area contributed by atoms with Crippen LogP contribution in [0, 0.1) is 13.8 Å². The molecule has 0 fully saturated rings. The number of phenolic OH excluding ortho intramolecular Hbond substituents is 1. The summed E-state index contributed by atoms with van der Waals surface area (Å²) in [5, 5.41) is 19.9. The summed E-state index contributed by atoms with van der Waals surface area (Å²) in [7, 11) is 1.63. The van der Waals surface area contributed by atoms with Gasteiger partial charge in [0.2, 0.25) is 5.91 Å². The first kappa shape index (κ1) is 31.2. The highest BCUT2D eigenvalue weighted by Gasteiger charge is 2.38. The monoisotopic (exact) mass is 546 g/mol. The van der Waals surface area contributed by atoms with Crippen LogP contribution in [0.15, 0.2) is 60.7 Å². The van der Waals surface area contributed by atoms with Crippen molar-refractivity contribution < 1.29 is 37.7 Å². The molecule has 2 atom stereocenters. The van der Waals surface area contributed by atoms with Crippen LogP contribution in [0.4, 0.5) is 13.2 Å². The number of halogens is 3. The van der Waals surface area contributed by atoms with Gasteiger partial charge in [-0.1, -0.05) is 36.4 Å². The van der Waals surface area contributed by atoms with E-state index in [-0.39, 0.29) is 17.7 Å². The van der Waals surface area contributed by atoms with Gasteiger partial charge < -0.3 is 26.0 Å². The Balaban J connectivity index is 0.000000673. The third-order valence-corrected chi connectivity index (χ3v) is 6.05. The van der Waals surface area contributed by atoms with Crippen LogP contribution in [-0.4, -0.2) is 41.4 Å². The van der Waals surface area contributed by atoms with Gasteiger partial charge in [-0.2, -0.15) is 13.2 Å². The van der Waals surface area contributed by atoms with Crippen molar-refractivity contribution in [3.05, 3.63) is 94.0 Å². The minimum Gasteiger partial charge on any atom is -0.508 e. The first-order valence-corrected chi connectivity index (χ1v) is 12.1. The minimum absolute atomic E-state index is 0.220. The van der Waals surface area contributed by atoms with Gasteiger partial charge in [-0.05, 0) is 85.7 Å². The summed E-state index contributed by atoms with van der Waals surface area (Å²) < 4.78 is 37.3. The van der Waals surface area contributed by atoms with Crippen molar-refractivity contribution in [2.24, 2.45) is 5.73 Å². The summed E-state index contributed by atoms with van der Waals surface area (Å²) in [6, 6.07) is 18.8. The van der Waals surface area contributed by atoms with Gasteiger partial charge in [0.05, 0.1) is 19.2 Å². The number of ether oxygens (including phenoxy) is 1. The second-order valence-electron chi connectivity index (χ2n) is 9.14. The van der Waals surface area contributed by atoms with Crippen LogP contribution in [0.25, 0.3) is 0 Å². The van der Waals surface area contributed by atoms with Crippen molar-refractivity contribution in [2.45, 2.75) is 51.9 Å². The fourth-order valence-corrected chi connectivity index (χ4v) is 4.07. The van der Waals surface area contributed by atoms with Crippen molar-refractivity contribution in [3.63, 3.8) is 0 Å². The number of carboxylic acids is 1. The SMILES string of the molecule is COc1ccc(Cc2ccccc2)cc1[C@@H](C)NC(=O)[C@@H](N)Cc1c(C)cc(O)cc1C.O=C(O)C(F)(F)F. The summed E-state index contributed by atoms with van der Waals surface area (Å²) in [5.41, 5.74) is 12.4. The number of nitrogens with one attached hydrogen (secondary N) is 1. The molecule has 0 spiro atoms. The first-order valence-electron chi connectivity index (χ1n) is 12.1. The second kappa shape index (κ2) is 13.7. The largest absolute Gasteiger partial charge is 0.508 e. The number of rotatable bonds is 8. The number of carbonyl (C=O) groups is 2. The molecule has 210 valence electrons. The third kappa shape index (κ3) is 9.33. The molecule has 0 aliphatic heterocycles. The van der Waals surface area contributed by atoms with E-state index in [1.165, 1.54) is 5.56 Å². The van der Waals surface area contributed by atoms with Crippen LogP contribution in [0.2, 0.25) is 0 Å². The van der Waals surface area contributed by atoms with Crippen LogP contribution < -0.4 is 15.8 Å². The molecule has 0 radical (unpaired) electrons. The van der Waals surface area contributed by atoms with Gasteiger partial charge in [-0.3, -0.25) is 4.79 Å².